The van der Waals surface area contributed by atoms with Crippen LogP contribution in [0.3, 0.4) is 0 Å². The smallest absolute Gasteiger partial charge is 0.357 e. The number of pyridine rings is 1. The predicted molar refractivity (Wildman–Crippen MR) is 54.9 cm³/mol. The molecule has 0 atom stereocenters. The van der Waals surface area contributed by atoms with Crippen molar-refractivity contribution in [2.75, 3.05) is 0 Å². The molecule has 4 nitrogen and oxygen atoms in total. The maximum atomic E-state index is 10.7. The van der Waals surface area contributed by atoms with Crippen LogP contribution >= 0.6 is 27.5 Å². The molecule has 6 heteroatoms. The maximum Gasteiger partial charge on any atom is 0.357 e. The molecule has 0 aliphatic carbocycles. The van der Waals surface area contributed by atoms with Gasteiger partial charge in [-0.05, 0) is 12.1 Å². The van der Waals surface area contributed by atoms with Crippen molar-refractivity contribution in [2.24, 2.45) is 0 Å². The lowest BCUT2D eigenvalue weighted by atomic mass is 10.5. The first-order valence-corrected chi connectivity index (χ1v) is 4.83. The molecule has 0 bridgehead atoms. The Morgan fingerprint density at radius 1 is 1.64 bits per heavy atom. The van der Waals surface area contributed by atoms with E-state index in [1.54, 1.807) is 18.3 Å². The second-order valence-electron chi connectivity index (χ2n) is 2.63. The summed E-state index contributed by atoms with van der Waals surface area (Å²) < 4.78 is 2.33. The molecule has 72 valence electrons. The SMILES string of the molecule is O=C(O)c1nc2cc(Br)ccn2c1Cl. The monoisotopic (exact) mass is 274 g/mol. The minimum Gasteiger partial charge on any atom is -0.476 e. The van der Waals surface area contributed by atoms with Crippen molar-refractivity contribution in [1.82, 2.24) is 9.38 Å². The summed E-state index contributed by atoms with van der Waals surface area (Å²) in [4.78, 5) is 14.6. The first kappa shape index (κ1) is 9.48. The summed E-state index contributed by atoms with van der Waals surface area (Å²) in [6.07, 6.45) is 1.65. The second-order valence-corrected chi connectivity index (χ2v) is 3.90. The average molecular weight is 275 g/mol. The van der Waals surface area contributed by atoms with Gasteiger partial charge in [0.05, 0.1) is 0 Å². The molecule has 0 aliphatic rings. The van der Waals surface area contributed by atoms with E-state index in [1.807, 2.05) is 0 Å². The summed E-state index contributed by atoms with van der Waals surface area (Å²) in [7, 11) is 0. The molecule has 0 fully saturated rings. The lowest BCUT2D eigenvalue weighted by Gasteiger charge is -1.94. The van der Waals surface area contributed by atoms with Gasteiger partial charge < -0.3 is 5.11 Å². The fourth-order valence-corrected chi connectivity index (χ4v) is 1.72. The zero-order chi connectivity index (χ0) is 10.3. The van der Waals surface area contributed by atoms with Crippen LogP contribution in [0.15, 0.2) is 22.8 Å². The molecule has 14 heavy (non-hydrogen) atoms. The molecule has 2 heterocycles. The summed E-state index contributed by atoms with van der Waals surface area (Å²) in [6, 6.07) is 3.45. The highest BCUT2D eigenvalue weighted by molar-refractivity contribution is 9.10. The molecule has 0 radical (unpaired) electrons. The van der Waals surface area contributed by atoms with E-state index in [1.165, 1.54) is 4.40 Å². The van der Waals surface area contributed by atoms with Gasteiger partial charge in [-0.1, -0.05) is 27.5 Å². The van der Waals surface area contributed by atoms with E-state index in [0.717, 1.165) is 4.47 Å². The first-order valence-electron chi connectivity index (χ1n) is 3.66. The number of carboxylic acids is 1. The Hall–Kier alpha value is -1.07. The maximum absolute atomic E-state index is 10.7. The number of rotatable bonds is 1. The number of halogens is 2. The van der Waals surface area contributed by atoms with Crippen molar-refractivity contribution in [2.45, 2.75) is 0 Å². The van der Waals surface area contributed by atoms with Gasteiger partial charge in [0.2, 0.25) is 0 Å². The fraction of sp³-hybridized carbons (Fsp3) is 0. The summed E-state index contributed by atoms with van der Waals surface area (Å²) >= 11 is 9.07. The molecular formula is C8H4BrClN2O2. The second kappa shape index (κ2) is 3.25. The average Bonchev–Trinajstić information content (AvgIpc) is 2.43. The van der Waals surface area contributed by atoms with Crippen LogP contribution in [0.4, 0.5) is 0 Å². The van der Waals surface area contributed by atoms with Crippen LogP contribution < -0.4 is 0 Å². The number of imidazole rings is 1. The molecule has 1 N–H and O–H groups in total. The third kappa shape index (κ3) is 1.38. The minimum absolute atomic E-state index is 0.111. The molecule has 0 saturated carbocycles. The van der Waals surface area contributed by atoms with Crippen LogP contribution in [-0.2, 0) is 0 Å². The summed E-state index contributed by atoms with van der Waals surface area (Å²) in [5.41, 5.74) is 0.367. The van der Waals surface area contributed by atoms with E-state index >= 15 is 0 Å². The topological polar surface area (TPSA) is 54.6 Å². The summed E-state index contributed by atoms with van der Waals surface area (Å²) in [5.74, 6) is -1.13. The van der Waals surface area contributed by atoms with Gasteiger partial charge in [-0.15, -0.1) is 0 Å². The number of hydrogen-bond donors (Lipinski definition) is 1. The van der Waals surface area contributed by atoms with E-state index < -0.39 is 5.97 Å². The summed E-state index contributed by atoms with van der Waals surface area (Å²) in [5, 5.41) is 8.88. The van der Waals surface area contributed by atoms with Crippen molar-refractivity contribution in [3.63, 3.8) is 0 Å². The van der Waals surface area contributed by atoms with Gasteiger partial charge in [-0.2, -0.15) is 0 Å². The standard InChI is InChI=1S/C8H4BrClN2O2/c9-4-1-2-12-5(3-4)11-6(7(12)10)8(13)14/h1-3H,(H,13,14). The van der Waals surface area contributed by atoms with E-state index in [2.05, 4.69) is 20.9 Å². The molecule has 0 aromatic carbocycles. The third-order valence-corrected chi connectivity index (χ3v) is 2.59. The van der Waals surface area contributed by atoms with Crippen molar-refractivity contribution >= 4 is 39.1 Å². The van der Waals surface area contributed by atoms with Crippen LogP contribution in [0.2, 0.25) is 5.15 Å². The third-order valence-electron chi connectivity index (χ3n) is 1.73. The number of carboxylic acid groups (broad SMARTS) is 1. The van der Waals surface area contributed by atoms with Gasteiger partial charge in [0.1, 0.15) is 10.8 Å². The van der Waals surface area contributed by atoms with Crippen molar-refractivity contribution in [3.8, 4) is 0 Å². The molecule has 0 saturated heterocycles. The molecule has 0 amide bonds. The van der Waals surface area contributed by atoms with Crippen molar-refractivity contribution in [3.05, 3.63) is 33.6 Å². The lowest BCUT2D eigenvalue weighted by molar-refractivity contribution is 0.0691. The number of fused-ring (bicyclic) bond motifs is 1. The number of aromatic nitrogens is 2. The van der Waals surface area contributed by atoms with Gasteiger partial charge in [0.15, 0.2) is 5.69 Å². The van der Waals surface area contributed by atoms with Crippen LogP contribution in [0.5, 0.6) is 0 Å². The van der Waals surface area contributed by atoms with E-state index in [9.17, 15) is 4.79 Å². The van der Waals surface area contributed by atoms with Crippen LogP contribution in [-0.4, -0.2) is 20.5 Å². The van der Waals surface area contributed by atoms with Crippen LogP contribution in [0.1, 0.15) is 10.5 Å². The highest BCUT2D eigenvalue weighted by atomic mass is 79.9. The van der Waals surface area contributed by atoms with E-state index in [4.69, 9.17) is 16.7 Å². The van der Waals surface area contributed by atoms with E-state index in [0.29, 0.717) is 5.65 Å². The quantitative estimate of drug-likeness (QED) is 0.870. The fourth-order valence-electron chi connectivity index (χ4n) is 1.13. The first-order chi connectivity index (χ1) is 6.59. The zero-order valence-corrected chi connectivity index (χ0v) is 9.08. The molecule has 0 aliphatic heterocycles. The van der Waals surface area contributed by atoms with Crippen molar-refractivity contribution < 1.29 is 9.90 Å². The van der Waals surface area contributed by atoms with E-state index in [-0.39, 0.29) is 10.8 Å². The van der Waals surface area contributed by atoms with Gasteiger partial charge >= 0.3 is 5.97 Å². The molecular weight excluding hydrogens is 271 g/mol. The Balaban J connectivity index is 2.79. The van der Waals surface area contributed by atoms with Gasteiger partial charge in [-0.25, -0.2) is 9.78 Å². The highest BCUT2D eigenvalue weighted by Gasteiger charge is 2.15. The largest absolute Gasteiger partial charge is 0.476 e. The normalized spacial score (nSPS) is 10.7. The number of aromatic carboxylic acids is 1. The Morgan fingerprint density at radius 2 is 2.36 bits per heavy atom. The highest BCUT2D eigenvalue weighted by Crippen LogP contribution is 2.20. The molecule has 2 aromatic heterocycles. The van der Waals surface area contributed by atoms with Gasteiger partial charge in [-0.3, -0.25) is 4.40 Å². The number of hydrogen-bond acceptors (Lipinski definition) is 2. The van der Waals surface area contributed by atoms with Gasteiger partial charge in [0.25, 0.3) is 0 Å². The van der Waals surface area contributed by atoms with Crippen LogP contribution in [0.25, 0.3) is 5.65 Å². The molecule has 0 spiro atoms. The molecule has 0 unspecified atom stereocenters. The Labute approximate surface area is 92.3 Å². The Kier molecular flexibility index (Phi) is 2.20. The minimum atomic E-state index is -1.13. The van der Waals surface area contributed by atoms with Crippen molar-refractivity contribution in [1.29, 1.82) is 0 Å². The lowest BCUT2D eigenvalue weighted by Crippen LogP contribution is -1.96. The summed E-state index contributed by atoms with van der Waals surface area (Å²) in [6.45, 7) is 0. The zero-order valence-electron chi connectivity index (χ0n) is 6.74. The molecule has 2 rings (SSSR count). The predicted octanol–water partition coefficient (Wildman–Crippen LogP) is 2.45. The Bertz CT molecular complexity index is 523. The van der Waals surface area contributed by atoms with Crippen LogP contribution in [0, 0.1) is 0 Å². The Morgan fingerprint density at radius 3 is 3.00 bits per heavy atom. The van der Waals surface area contributed by atoms with Gasteiger partial charge in [0, 0.05) is 10.7 Å². The number of nitrogens with zero attached hydrogens (tertiary/aromatic N) is 2. The number of carbonyl (C=O) groups is 1. The molecule has 2 aromatic rings.